The molecule has 1 heterocycles. The first-order chi connectivity index (χ1) is 5.56. The molecule has 0 N–H and O–H groups in total. The Kier molecular flexibility index (Phi) is 2.70. The average molecular weight is 188 g/mol. The van der Waals surface area contributed by atoms with Gasteiger partial charge in [-0.1, -0.05) is 0 Å². The molecule has 1 atom stereocenters. The third kappa shape index (κ3) is 1.96. The Hall–Kier alpha value is -0.600. The summed E-state index contributed by atoms with van der Waals surface area (Å²) in [7, 11) is -1.25. The van der Waals surface area contributed by atoms with Crippen LogP contribution in [-0.4, -0.2) is 44.5 Å². The highest BCUT2D eigenvalue weighted by atomic mass is 32.2. The third-order valence-corrected chi connectivity index (χ3v) is 4.05. The molecule has 0 saturated carbocycles. The van der Waals surface area contributed by atoms with Gasteiger partial charge in [0.25, 0.3) is 0 Å². The van der Waals surface area contributed by atoms with Gasteiger partial charge in [-0.05, 0) is 20.0 Å². The predicted octanol–water partition coefficient (Wildman–Crippen LogP) is -0.371. The minimum Gasteiger partial charge on any atom is -0.305 e. The fourth-order valence-electron chi connectivity index (χ4n) is 1.40. The van der Waals surface area contributed by atoms with Gasteiger partial charge < -0.3 is 4.90 Å². The lowest BCUT2D eigenvalue weighted by molar-refractivity contribution is 0.417. The van der Waals surface area contributed by atoms with Crippen LogP contribution >= 0.6 is 0 Å². The van der Waals surface area contributed by atoms with E-state index in [-0.39, 0.29) is 11.0 Å². The molecule has 0 aromatic rings. The van der Waals surface area contributed by atoms with Gasteiger partial charge in [-0.2, -0.15) is 5.26 Å². The number of rotatable bonds is 2. The molecule has 1 rings (SSSR count). The number of sulfone groups is 1. The topological polar surface area (TPSA) is 61.2 Å². The number of hydrogen-bond acceptors (Lipinski definition) is 4. The van der Waals surface area contributed by atoms with E-state index in [1.807, 2.05) is 11.9 Å². The van der Waals surface area contributed by atoms with Gasteiger partial charge in [0, 0.05) is 6.54 Å². The van der Waals surface area contributed by atoms with Crippen LogP contribution in [0.3, 0.4) is 0 Å². The van der Waals surface area contributed by atoms with Gasteiger partial charge in [0.05, 0.1) is 11.3 Å². The van der Waals surface area contributed by atoms with Gasteiger partial charge in [0.2, 0.25) is 0 Å². The maximum absolute atomic E-state index is 11.3. The number of likely N-dealkylation sites (tertiary alicyclic amines) is 1. The monoisotopic (exact) mass is 188 g/mol. The highest BCUT2D eigenvalue weighted by Crippen LogP contribution is 2.15. The largest absolute Gasteiger partial charge is 0.305 e. The molecule has 12 heavy (non-hydrogen) atoms. The van der Waals surface area contributed by atoms with E-state index in [0.717, 1.165) is 6.54 Å². The van der Waals surface area contributed by atoms with Crippen molar-refractivity contribution < 1.29 is 8.42 Å². The number of nitriles is 1. The first-order valence-corrected chi connectivity index (χ1v) is 5.55. The molecule has 0 bridgehead atoms. The van der Waals surface area contributed by atoms with Crippen molar-refractivity contribution in [2.45, 2.75) is 11.7 Å². The summed E-state index contributed by atoms with van der Waals surface area (Å²) in [5.41, 5.74) is 0. The molecule has 1 aliphatic heterocycles. The average Bonchev–Trinajstić information content (AvgIpc) is 2.36. The van der Waals surface area contributed by atoms with Crippen LogP contribution in [0.4, 0.5) is 0 Å². The van der Waals surface area contributed by atoms with Crippen LogP contribution in [0.5, 0.6) is 0 Å². The van der Waals surface area contributed by atoms with E-state index in [0.29, 0.717) is 13.0 Å². The Balaban J connectivity index is 2.66. The SMILES string of the molecule is CN1CCC(S(=O)(=O)CC#N)C1. The standard InChI is InChI=1S/C7H12N2O2S/c1-9-4-2-7(6-9)12(10,11)5-3-8/h7H,2,4-6H2,1H3. The molecule has 1 fully saturated rings. The molecule has 0 amide bonds. The van der Waals surface area contributed by atoms with E-state index in [1.54, 1.807) is 6.07 Å². The molecule has 0 radical (unpaired) electrons. The molecule has 0 aliphatic carbocycles. The summed E-state index contributed by atoms with van der Waals surface area (Å²) in [6, 6.07) is 1.69. The van der Waals surface area contributed by atoms with Gasteiger partial charge in [-0.15, -0.1) is 0 Å². The minimum absolute atomic E-state index is 0.317. The second-order valence-corrected chi connectivity index (χ2v) is 5.42. The first kappa shape index (κ1) is 9.49. The van der Waals surface area contributed by atoms with Crippen LogP contribution in [-0.2, 0) is 9.84 Å². The van der Waals surface area contributed by atoms with Crippen molar-refractivity contribution in [1.29, 1.82) is 5.26 Å². The fourth-order valence-corrected chi connectivity index (χ4v) is 2.76. The molecule has 0 aromatic carbocycles. The van der Waals surface area contributed by atoms with Crippen LogP contribution in [0.1, 0.15) is 6.42 Å². The van der Waals surface area contributed by atoms with Gasteiger partial charge in [-0.25, -0.2) is 8.42 Å². The molecule has 0 spiro atoms. The van der Waals surface area contributed by atoms with Gasteiger partial charge >= 0.3 is 0 Å². The quantitative estimate of drug-likeness (QED) is 0.593. The molecule has 1 aliphatic rings. The summed E-state index contributed by atoms with van der Waals surface area (Å²) in [4.78, 5) is 1.97. The molecular formula is C7H12N2O2S. The molecule has 5 heteroatoms. The highest BCUT2D eigenvalue weighted by molar-refractivity contribution is 7.92. The zero-order valence-electron chi connectivity index (χ0n) is 7.02. The third-order valence-electron chi connectivity index (χ3n) is 2.12. The number of nitrogens with zero attached hydrogens (tertiary/aromatic N) is 2. The second-order valence-electron chi connectivity index (χ2n) is 3.14. The maximum Gasteiger partial charge on any atom is 0.167 e. The first-order valence-electron chi connectivity index (χ1n) is 3.83. The van der Waals surface area contributed by atoms with E-state index in [4.69, 9.17) is 5.26 Å². The second kappa shape index (κ2) is 3.42. The van der Waals surface area contributed by atoms with Crippen LogP contribution in [0.2, 0.25) is 0 Å². The summed E-state index contributed by atoms with van der Waals surface area (Å²) in [5.74, 6) is -0.342. The summed E-state index contributed by atoms with van der Waals surface area (Å²) in [6.07, 6.45) is 0.667. The highest BCUT2D eigenvalue weighted by Gasteiger charge is 2.30. The van der Waals surface area contributed by atoms with Crippen molar-refractivity contribution in [2.24, 2.45) is 0 Å². The van der Waals surface area contributed by atoms with Crippen LogP contribution in [0, 0.1) is 11.3 Å². The molecule has 1 unspecified atom stereocenters. The van der Waals surface area contributed by atoms with E-state index >= 15 is 0 Å². The summed E-state index contributed by atoms with van der Waals surface area (Å²) in [5, 5.41) is 7.97. The van der Waals surface area contributed by atoms with E-state index in [2.05, 4.69) is 0 Å². The molecule has 1 saturated heterocycles. The van der Waals surface area contributed by atoms with Gasteiger partial charge in [0.15, 0.2) is 9.84 Å². The lowest BCUT2D eigenvalue weighted by Gasteiger charge is -2.08. The Morgan fingerprint density at radius 1 is 1.67 bits per heavy atom. The number of hydrogen-bond donors (Lipinski definition) is 0. The Labute approximate surface area is 72.7 Å². The maximum atomic E-state index is 11.3. The Bertz CT molecular complexity index is 291. The predicted molar refractivity (Wildman–Crippen MR) is 45.3 cm³/mol. The van der Waals surface area contributed by atoms with Crippen molar-refractivity contribution >= 4 is 9.84 Å². The molecule has 68 valence electrons. The summed E-state index contributed by atoms with van der Waals surface area (Å²) < 4.78 is 22.7. The minimum atomic E-state index is -3.15. The van der Waals surface area contributed by atoms with E-state index < -0.39 is 9.84 Å². The van der Waals surface area contributed by atoms with E-state index in [1.165, 1.54) is 0 Å². The van der Waals surface area contributed by atoms with E-state index in [9.17, 15) is 8.42 Å². The lowest BCUT2D eigenvalue weighted by Crippen LogP contribution is -2.26. The van der Waals surface area contributed by atoms with Crippen molar-refractivity contribution in [2.75, 3.05) is 25.9 Å². The normalized spacial score (nSPS) is 25.5. The van der Waals surface area contributed by atoms with Crippen molar-refractivity contribution in [3.63, 3.8) is 0 Å². The van der Waals surface area contributed by atoms with Crippen molar-refractivity contribution in [1.82, 2.24) is 4.90 Å². The molecule has 4 nitrogen and oxygen atoms in total. The van der Waals surface area contributed by atoms with Crippen molar-refractivity contribution in [3.05, 3.63) is 0 Å². The van der Waals surface area contributed by atoms with Crippen LogP contribution in [0.15, 0.2) is 0 Å². The summed E-state index contributed by atoms with van der Waals surface area (Å²) in [6.45, 7) is 1.39. The lowest BCUT2D eigenvalue weighted by atomic mass is 10.4. The fraction of sp³-hybridized carbons (Fsp3) is 0.857. The zero-order chi connectivity index (χ0) is 9.19. The smallest absolute Gasteiger partial charge is 0.167 e. The van der Waals surface area contributed by atoms with Crippen molar-refractivity contribution in [3.8, 4) is 6.07 Å². The van der Waals surface area contributed by atoms with Crippen LogP contribution < -0.4 is 0 Å². The Morgan fingerprint density at radius 3 is 2.75 bits per heavy atom. The Morgan fingerprint density at radius 2 is 2.33 bits per heavy atom. The van der Waals surface area contributed by atoms with Crippen LogP contribution in [0.25, 0.3) is 0 Å². The van der Waals surface area contributed by atoms with Gasteiger partial charge in [-0.3, -0.25) is 0 Å². The summed E-state index contributed by atoms with van der Waals surface area (Å²) >= 11 is 0. The molecular weight excluding hydrogens is 176 g/mol. The van der Waals surface area contributed by atoms with Gasteiger partial charge in [0.1, 0.15) is 5.75 Å². The molecule has 0 aromatic heterocycles. The zero-order valence-corrected chi connectivity index (χ0v) is 7.84.